The Bertz CT molecular complexity index is 410. The average molecular weight is 296 g/mol. The van der Waals surface area contributed by atoms with Crippen LogP contribution in [0.4, 0.5) is 0 Å². The quantitative estimate of drug-likeness (QED) is 0.415. The molecule has 0 bridgehead atoms. The van der Waals surface area contributed by atoms with E-state index in [0.29, 0.717) is 12.4 Å². The maximum atomic E-state index is 5.51. The number of aromatic nitrogens is 1. The lowest BCUT2D eigenvalue weighted by atomic mass is 10.4. The maximum absolute atomic E-state index is 5.51. The Labute approximate surface area is 127 Å². The first-order valence-corrected chi connectivity index (χ1v) is 7.62. The minimum atomic E-state index is 0.529. The van der Waals surface area contributed by atoms with Gasteiger partial charge in [-0.25, -0.2) is 4.98 Å². The van der Waals surface area contributed by atoms with Crippen molar-refractivity contribution in [2.45, 2.75) is 46.6 Å². The third-order valence-electron chi connectivity index (χ3n) is 3.10. The first-order valence-electron chi connectivity index (χ1n) is 7.62. The van der Waals surface area contributed by atoms with Crippen LogP contribution in [0.3, 0.4) is 0 Å². The molecule has 6 heteroatoms. The van der Waals surface area contributed by atoms with Crippen molar-refractivity contribution in [1.82, 2.24) is 15.6 Å². The second-order valence-corrected chi connectivity index (χ2v) is 4.92. The van der Waals surface area contributed by atoms with Crippen LogP contribution in [0.15, 0.2) is 9.41 Å². The molecule has 0 aliphatic carbocycles. The molecular formula is C15H28N4O2. The summed E-state index contributed by atoms with van der Waals surface area (Å²) in [7, 11) is 1.75. The summed E-state index contributed by atoms with van der Waals surface area (Å²) in [4.78, 5) is 8.49. The molecule has 0 fully saturated rings. The topological polar surface area (TPSA) is 71.7 Å². The molecule has 0 unspecified atom stereocenters. The van der Waals surface area contributed by atoms with Gasteiger partial charge in [0.05, 0.1) is 12.2 Å². The van der Waals surface area contributed by atoms with E-state index < -0.39 is 0 Å². The van der Waals surface area contributed by atoms with Gasteiger partial charge in [0.25, 0.3) is 0 Å². The van der Waals surface area contributed by atoms with Crippen LogP contribution < -0.4 is 10.6 Å². The molecule has 1 rings (SSSR count). The number of nitrogens with zero attached hydrogens (tertiary/aromatic N) is 2. The number of aliphatic imine (C=N–C) groups is 1. The van der Waals surface area contributed by atoms with Crippen LogP contribution in [0.5, 0.6) is 0 Å². The maximum Gasteiger partial charge on any atom is 0.214 e. The predicted octanol–water partition coefficient (Wildman–Crippen LogP) is 2.16. The fraction of sp³-hybridized carbons (Fsp3) is 0.733. The Morgan fingerprint density at radius 1 is 1.24 bits per heavy atom. The Balaban J connectivity index is 2.14. The van der Waals surface area contributed by atoms with Gasteiger partial charge in [0.1, 0.15) is 5.76 Å². The normalized spacial score (nSPS) is 11.7. The fourth-order valence-electron chi connectivity index (χ4n) is 1.72. The van der Waals surface area contributed by atoms with Gasteiger partial charge in [0.2, 0.25) is 5.89 Å². The summed E-state index contributed by atoms with van der Waals surface area (Å²) in [5.41, 5.74) is 0.930. The van der Waals surface area contributed by atoms with Crippen molar-refractivity contribution in [2.75, 3.05) is 26.8 Å². The standard InChI is InChI=1S/C15H28N4O2/c1-5-6-9-20-10-7-8-17-15(16-4)18-11-14-19-12(2)13(3)21-14/h5-11H2,1-4H3,(H2,16,17,18). The molecule has 0 radical (unpaired) electrons. The van der Waals surface area contributed by atoms with Crippen LogP contribution in [0, 0.1) is 13.8 Å². The highest BCUT2D eigenvalue weighted by atomic mass is 16.5. The van der Waals surface area contributed by atoms with Gasteiger partial charge >= 0.3 is 0 Å². The molecule has 6 nitrogen and oxygen atoms in total. The number of hydrogen-bond donors (Lipinski definition) is 2. The summed E-state index contributed by atoms with van der Waals surface area (Å²) in [5.74, 6) is 2.28. The molecule has 0 amide bonds. The van der Waals surface area contributed by atoms with Gasteiger partial charge in [-0.2, -0.15) is 0 Å². The molecule has 0 atom stereocenters. The number of hydrogen-bond acceptors (Lipinski definition) is 4. The summed E-state index contributed by atoms with van der Waals surface area (Å²) in [6.45, 7) is 9.01. The largest absolute Gasteiger partial charge is 0.444 e. The van der Waals surface area contributed by atoms with Crippen LogP contribution in [0.1, 0.15) is 43.5 Å². The van der Waals surface area contributed by atoms with E-state index in [4.69, 9.17) is 9.15 Å². The number of ether oxygens (including phenoxy) is 1. The van der Waals surface area contributed by atoms with Crippen LogP contribution in [-0.2, 0) is 11.3 Å². The summed E-state index contributed by atoms with van der Waals surface area (Å²) in [6, 6.07) is 0. The van der Waals surface area contributed by atoms with Crippen LogP contribution in [0.2, 0.25) is 0 Å². The first-order chi connectivity index (χ1) is 10.2. The highest BCUT2D eigenvalue weighted by Crippen LogP contribution is 2.07. The van der Waals surface area contributed by atoms with Gasteiger partial charge in [-0.15, -0.1) is 0 Å². The van der Waals surface area contributed by atoms with Crippen LogP contribution >= 0.6 is 0 Å². The molecule has 1 aromatic rings. The predicted molar refractivity (Wildman–Crippen MR) is 84.5 cm³/mol. The van der Waals surface area contributed by atoms with Crippen LogP contribution in [0.25, 0.3) is 0 Å². The van der Waals surface area contributed by atoms with Gasteiger partial charge in [0.15, 0.2) is 5.96 Å². The fourth-order valence-corrected chi connectivity index (χ4v) is 1.72. The molecule has 0 saturated carbocycles. The van der Waals surface area contributed by atoms with Gasteiger partial charge in [-0.1, -0.05) is 13.3 Å². The smallest absolute Gasteiger partial charge is 0.214 e. The lowest BCUT2D eigenvalue weighted by molar-refractivity contribution is 0.129. The second kappa shape index (κ2) is 10.2. The zero-order valence-electron chi connectivity index (χ0n) is 13.7. The highest BCUT2D eigenvalue weighted by Gasteiger charge is 2.06. The van der Waals surface area contributed by atoms with Crippen molar-refractivity contribution in [3.8, 4) is 0 Å². The average Bonchev–Trinajstić information content (AvgIpc) is 2.80. The zero-order valence-corrected chi connectivity index (χ0v) is 13.7. The molecule has 21 heavy (non-hydrogen) atoms. The number of aryl methyl sites for hydroxylation is 2. The van der Waals surface area contributed by atoms with Gasteiger partial charge < -0.3 is 19.8 Å². The molecule has 1 aromatic heterocycles. The van der Waals surface area contributed by atoms with Crippen molar-refractivity contribution in [1.29, 1.82) is 0 Å². The van der Waals surface area contributed by atoms with E-state index in [-0.39, 0.29) is 0 Å². The molecule has 2 N–H and O–H groups in total. The van der Waals surface area contributed by atoms with E-state index in [9.17, 15) is 0 Å². The lowest BCUT2D eigenvalue weighted by Crippen LogP contribution is -2.37. The van der Waals surface area contributed by atoms with Gasteiger partial charge in [0, 0.05) is 26.8 Å². The molecule has 1 heterocycles. The number of guanidine groups is 1. The van der Waals surface area contributed by atoms with Crippen molar-refractivity contribution < 1.29 is 9.15 Å². The third kappa shape index (κ3) is 7.13. The second-order valence-electron chi connectivity index (χ2n) is 4.92. The number of rotatable bonds is 9. The Morgan fingerprint density at radius 2 is 2.00 bits per heavy atom. The summed E-state index contributed by atoms with van der Waals surface area (Å²) in [5, 5.41) is 6.42. The Hall–Kier alpha value is -1.56. The van der Waals surface area contributed by atoms with E-state index >= 15 is 0 Å². The molecule has 0 aliphatic rings. The van der Waals surface area contributed by atoms with E-state index in [1.54, 1.807) is 7.05 Å². The lowest BCUT2D eigenvalue weighted by Gasteiger charge is -2.10. The van der Waals surface area contributed by atoms with Crippen molar-refractivity contribution in [2.24, 2.45) is 4.99 Å². The minimum absolute atomic E-state index is 0.529. The number of unbranched alkanes of at least 4 members (excludes halogenated alkanes) is 1. The molecule has 0 saturated heterocycles. The Kier molecular flexibility index (Phi) is 8.50. The summed E-state index contributed by atoms with van der Waals surface area (Å²) in [6.07, 6.45) is 3.27. The van der Waals surface area contributed by atoms with E-state index in [2.05, 4.69) is 27.5 Å². The van der Waals surface area contributed by atoms with E-state index in [1.807, 2.05) is 13.8 Å². The Morgan fingerprint density at radius 3 is 2.62 bits per heavy atom. The molecule has 0 aliphatic heterocycles. The summed E-state index contributed by atoms with van der Waals surface area (Å²) >= 11 is 0. The molecule has 120 valence electrons. The monoisotopic (exact) mass is 296 g/mol. The number of nitrogens with one attached hydrogen (secondary N) is 2. The third-order valence-corrected chi connectivity index (χ3v) is 3.10. The van der Waals surface area contributed by atoms with Gasteiger partial charge in [-0.3, -0.25) is 4.99 Å². The highest BCUT2D eigenvalue weighted by molar-refractivity contribution is 5.79. The molecule has 0 spiro atoms. The number of oxazole rings is 1. The summed E-state index contributed by atoms with van der Waals surface area (Å²) < 4.78 is 11.0. The first kappa shape index (κ1) is 17.5. The van der Waals surface area contributed by atoms with E-state index in [1.165, 1.54) is 6.42 Å². The van der Waals surface area contributed by atoms with Crippen molar-refractivity contribution >= 4 is 5.96 Å². The zero-order chi connectivity index (χ0) is 15.5. The van der Waals surface area contributed by atoms with Gasteiger partial charge in [-0.05, 0) is 26.7 Å². The van der Waals surface area contributed by atoms with Crippen molar-refractivity contribution in [3.05, 3.63) is 17.3 Å². The van der Waals surface area contributed by atoms with Crippen molar-refractivity contribution in [3.63, 3.8) is 0 Å². The van der Waals surface area contributed by atoms with Crippen LogP contribution in [-0.4, -0.2) is 37.7 Å². The minimum Gasteiger partial charge on any atom is -0.444 e. The SMILES string of the molecule is CCCCOCCCNC(=NC)NCc1nc(C)c(C)o1. The van der Waals surface area contributed by atoms with E-state index in [0.717, 1.165) is 50.0 Å². The molecular weight excluding hydrogens is 268 g/mol. The molecule has 0 aromatic carbocycles.